The SMILES string of the molecule is COc1cccn(CC(=O)N(C)CCc2scnc2C)c1=O. The number of methoxy groups -OCH3 is 1. The number of amides is 1. The third-order valence-corrected chi connectivity index (χ3v) is 4.45. The van der Waals surface area contributed by atoms with Gasteiger partial charge in [0.1, 0.15) is 6.54 Å². The highest BCUT2D eigenvalue weighted by atomic mass is 32.1. The summed E-state index contributed by atoms with van der Waals surface area (Å²) < 4.78 is 6.33. The number of aromatic nitrogens is 2. The molecule has 0 aliphatic carbocycles. The maximum absolute atomic E-state index is 12.2. The zero-order valence-corrected chi connectivity index (χ0v) is 13.7. The zero-order valence-electron chi connectivity index (χ0n) is 12.9. The van der Waals surface area contributed by atoms with Crippen molar-refractivity contribution in [2.75, 3.05) is 20.7 Å². The minimum atomic E-state index is -0.301. The van der Waals surface area contributed by atoms with Crippen LogP contribution in [0.2, 0.25) is 0 Å². The monoisotopic (exact) mass is 321 g/mol. The van der Waals surface area contributed by atoms with E-state index in [1.54, 1.807) is 41.6 Å². The quantitative estimate of drug-likeness (QED) is 0.805. The van der Waals surface area contributed by atoms with Gasteiger partial charge in [0.25, 0.3) is 5.56 Å². The van der Waals surface area contributed by atoms with Crippen molar-refractivity contribution in [3.05, 3.63) is 44.8 Å². The molecule has 22 heavy (non-hydrogen) atoms. The Morgan fingerprint density at radius 3 is 2.91 bits per heavy atom. The molecule has 7 heteroatoms. The summed E-state index contributed by atoms with van der Waals surface area (Å²) in [5.41, 5.74) is 2.52. The van der Waals surface area contributed by atoms with Crippen LogP contribution in [0.15, 0.2) is 28.6 Å². The van der Waals surface area contributed by atoms with Crippen LogP contribution in [0, 0.1) is 6.92 Å². The van der Waals surface area contributed by atoms with Crippen molar-refractivity contribution in [2.24, 2.45) is 0 Å². The van der Waals surface area contributed by atoms with Crippen LogP contribution in [-0.4, -0.2) is 41.1 Å². The largest absolute Gasteiger partial charge is 0.491 e. The lowest BCUT2D eigenvalue weighted by Gasteiger charge is -2.17. The second kappa shape index (κ2) is 7.22. The molecule has 0 atom stereocenters. The molecule has 2 rings (SSSR count). The minimum Gasteiger partial charge on any atom is -0.491 e. The Kier molecular flexibility index (Phi) is 5.32. The van der Waals surface area contributed by atoms with E-state index in [0.29, 0.717) is 6.54 Å². The van der Waals surface area contributed by atoms with Crippen LogP contribution < -0.4 is 10.3 Å². The normalized spacial score (nSPS) is 10.5. The van der Waals surface area contributed by atoms with Gasteiger partial charge in [0.05, 0.1) is 18.3 Å². The summed E-state index contributed by atoms with van der Waals surface area (Å²) in [6.07, 6.45) is 2.36. The first-order chi connectivity index (χ1) is 10.5. The minimum absolute atomic E-state index is 0.00814. The van der Waals surface area contributed by atoms with Gasteiger partial charge in [-0.05, 0) is 19.1 Å². The third-order valence-electron chi connectivity index (χ3n) is 3.46. The van der Waals surface area contributed by atoms with Gasteiger partial charge >= 0.3 is 0 Å². The molecule has 1 amide bonds. The van der Waals surface area contributed by atoms with E-state index in [1.807, 2.05) is 12.4 Å². The Bertz CT molecular complexity index is 708. The smallest absolute Gasteiger partial charge is 0.293 e. The molecule has 0 aromatic carbocycles. The molecule has 2 heterocycles. The molecule has 0 radical (unpaired) electrons. The van der Waals surface area contributed by atoms with E-state index in [-0.39, 0.29) is 23.8 Å². The molecule has 0 saturated carbocycles. The molecule has 0 aliphatic rings. The van der Waals surface area contributed by atoms with Crippen molar-refractivity contribution in [3.8, 4) is 5.75 Å². The second-order valence-corrected chi connectivity index (χ2v) is 5.88. The summed E-state index contributed by atoms with van der Waals surface area (Å²) in [5.74, 6) is 0.121. The Morgan fingerprint density at radius 1 is 1.50 bits per heavy atom. The van der Waals surface area contributed by atoms with Gasteiger partial charge in [-0.25, -0.2) is 4.98 Å². The molecule has 0 saturated heterocycles. The lowest BCUT2D eigenvalue weighted by molar-refractivity contribution is -0.130. The molecule has 0 aliphatic heterocycles. The van der Waals surface area contributed by atoms with Gasteiger partial charge in [-0.2, -0.15) is 0 Å². The number of thiazole rings is 1. The Labute approximate surface area is 133 Å². The lowest BCUT2D eigenvalue weighted by atomic mass is 10.3. The Hall–Kier alpha value is -2.15. The summed E-state index contributed by atoms with van der Waals surface area (Å²) in [4.78, 5) is 31.2. The number of aryl methyl sites for hydroxylation is 1. The molecule has 2 aromatic heterocycles. The van der Waals surface area contributed by atoms with E-state index in [9.17, 15) is 9.59 Å². The number of likely N-dealkylation sites (N-methyl/N-ethyl adjacent to an activating group) is 1. The topological polar surface area (TPSA) is 64.4 Å². The third kappa shape index (κ3) is 3.73. The van der Waals surface area contributed by atoms with Gasteiger partial charge in [-0.3, -0.25) is 9.59 Å². The van der Waals surface area contributed by atoms with Gasteiger partial charge in [-0.1, -0.05) is 0 Å². The van der Waals surface area contributed by atoms with Crippen LogP contribution >= 0.6 is 11.3 Å². The van der Waals surface area contributed by atoms with Crippen molar-refractivity contribution < 1.29 is 9.53 Å². The standard InChI is InChI=1S/C15H19N3O3S/c1-11-13(22-10-16-11)6-8-17(2)14(19)9-18-7-4-5-12(21-3)15(18)20/h4-5,7,10H,6,8-9H2,1-3H3. The van der Waals surface area contributed by atoms with Crippen molar-refractivity contribution in [1.29, 1.82) is 0 Å². The number of carbonyl (C=O) groups is 1. The molecule has 0 spiro atoms. The van der Waals surface area contributed by atoms with E-state index in [4.69, 9.17) is 4.74 Å². The first-order valence-corrected chi connectivity index (χ1v) is 7.77. The average Bonchev–Trinajstić information content (AvgIpc) is 2.92. The summed E-state index contributed by atoms with van der Waals surface area (Å²) in [6.45, 7) is 2.57. The highest BCUT2D eigenvalue weighted by Crippen LogP contribution is 2.13. The molecular formula is C15H19N3O3S. The maximum Gasteiger partial charge on any atom is 0.293 e. The number of ether oxygens (including phenoxy) is 1. The van der Waals surface area contributed by atoms with E-state index in [0.717, 1.165) is 12.1 Å². The number of hydrogen-bond acceptors (Lipinski definition) is 5. The van der Waals surface area contributed by atoms with E-state index in [1.165, 1.54) is 16.6 Å². The van der Waals surface area contributed by atoms with Crippen molar-refractivity contribution in [3.63, 3.8) is 0 Å². The predicted octanol–water partition coefficient (Wildman–Crippen LogP) is 1.32. The van der Waals surface area contributed by atoms with Crippen molar-refractivity contribution in [2.45, 2.75) is 19.9 Å². The summed E-state index contributed by atoms with van der Waals surface area (Å²) in [6, 6.07) is 3.27. The summed E-state index contributed by atoms with van der Waals surface area (Å²) in [7, 11) is 3.18. The lowest BCUT2D eigenvalue weighted by Crippen LogP contribution is -2.35. The summed E-state index contributed by atoms with van der Waals surface area (Å²) in [5, 5.41) is 0. The Balaban J connectivity index is 1.97. The van der Waals surface area contributed by atoms with Crippen molar-refractivity contribution in [1.82, 2.24) is 14.5 Å². The number of pyridine rings is 1. The molecule has 0 unspecified atom stereocenters. The highest BCUT2D eigenvalue weighted by molar-refractivity contribution is 7.09. The fourth-order valence-corrected chi connectivity index (χ4v) is 2.79. The molecule has 0 bridgehead atoms. The maximum atomic E-state index is 12.2. The molecule has 118 valence electrons. The first kappa shape index (κ1) is 16.2. The first-order valence-electron chi connectivity index (χ1n) is 6.89. The molecule has 0 N–H and O–H groups in total. The number of nitrogens with zero attached hydrogens (tertiary/aromatic N) is 3. The number of carbonyl (C=O) groups excluding carboxylic acids is 1. The second-order valence-electron chi connectivity index (χ2n) is 4.94. The summed E-state index contributed by atoms with van der Waals surface area (Å²) >= 11 is 1.59. The van der Waals surface area contributed by atoms with E-state index >= 15 is 0 Å². The van der Waals surface area contributed by atoms with Crippen LogP contribution in [0.3, 0.4) is 0 Å². The van der Waals surface area contributed by atoms with Crippen LogP contribution in [0.5, 0.6) is 5.75 Å². The van der Waals surface area contributed by atoms with E-state index in [2.05, 4.69) is 4.98 Å². The molecular weight excluding hydrogens is 302 g/mol. The van der Waals surface area contributed by atoms with E-state index < -0.39 is 0 Å². The van der Waals surface area contributed by atoms with Gasteiger partial charge in [-0.15, -0.1) is 11.3 Å². The van der Waals surface area contributed by atoms with Crippen LogP contribution in [0.25, 0.3) is 0 Å². The molecule has 0 fully saturated rings. The van der Waals surface area contributed by atoms with Gasteiger partial charge in [0.2, 0.25) is 5.91 Å². The molecule has 6 nitrogen and oxygen atoms in total. The fraction of sp³-hybridized carbons (Fsp3) is 0.400. The number of rotatable bonds is 6. The number of hydrogen-bond donors (Lipinski definition) is 0. The van der Waals surface area contributed by atoms with Crippen LogP contribution in [-0.2, 0) is 17.8 Å². The average molecular weight is 321 g/mol. The van der Waals surface area contributed by atoms with Gasteiger partial charge < -0.3 is 14.2 Å². The predicted molar refractivity (Wildman–Crippen MR) is 85.4 cm³/mol. The van der Waals surface area contributed by atoms with Gasteiger partial charge in [0.15, 0.2) is 5.75 Å². The fourth-order valence-electron chi connectivity index (χ4n) is 2.02. The van der Waals surface area contributed by atoms with Gasteiger partial charge in [0, 0.05) is 31.1 Å². The Morgan fingerprint density at radius 2 is 2.27 bits per heavy atom. The van der Waals surface area contributed by atoms with Crippen molar-refractivity contribution >= 4 is 17.2 Å². The zero-order chi connectivity index (χ0) is 16.1. The van der Waals surface area contributed by atoms with Crippen LogP contribution in [0.4, 0.5) is 0 Å². The molecule has 2 aromatic rings. The van der Waals surface area contributed by atoms with Crippen LogP contribution in [0.1, 0.15) is 10.6 Å². The highest BCUT2D eigenvalue weighted by Gasteiger charge is 2.13.